The first-order valence-electron chi connectivity index (χ1n) is 1.50. The Bertz CT molecular complexity index is 152. The van der Waals surface area contributed by atoms with Gasteiger partial charge in [0, 0.05) is 0 Å². The molecule has 7 nitrogen and oxygen atoms in total. The molecule has 0 heterocycles. The fourth-order valence-electron chi connectivity index (χ4n) is 0.130. The number of rotatable bonds is 2. The van der Waals surface area contributed by atoms with Crippen LogP contribution in [0.15, 0.2) is 0 Å². The summed E-state index contributed by atoms with van der Waals surface area (Å²) in [5.74, 6) is 0. The van der Waals surface area contributed by atoms with Crippen molar-refractivity contribution in [2.24, 2.45) is 0 Å². The Hall–Kier alpha value is 1.00. The SMILES string of the molecule is O=P([O-])([O-])OP(=O)(O)O.[Ag+2]. The van der Waals surface area contributed by atoms with Gasteiger partial charge in [0.25, 0.3) is 0 Å². The first kappa shape index (κ1) is 13.6. The third-order valence-corrected chi connectivity index (χ3v) is 1.86. The van der Waals surface area contributed by atoms with Crippen molar-refractivity contribution in [2.45, 2.75) is 0 Å². The molecule has 10 heavy (non-hydrogen) atoms. The maximum atomic E-state index is 9.55. The van der Waals surface area contributed by atoms with E-state index in [-0.39, 0.29) is 22.4 Å². The molecule has 65 valence electrons. The standard InChI is InChI=1S/Ag.H4O7P2/c;1-8(2,3)7-9(4,5)6/h;(H2,1,2,3)(H2,4,5,6)/q+2;/p-2. The van der Waals surface area contributed by atoms with Gasteiger partial charge in [-0.15, -0.1) is 0 Å². The van der Waals surface area contributed by atoms with Gasteiger partial charge in [0.05, 0.1) is 7.82 Å². The van der Waals surface area contributed by atoms with Gasteiger partial charge in [0.15, 0.2) is 0 Å². The Morgan fingerprint density at radius 3 is 1.50 bits per heavy atom. The van der Waals surface area contributed by atoms with Crippen molar-refractivity contribution in [1.29, 1.82) is 0 Å². The van der Waals surface area contributed by atoms with Crippen LogP contribution in [0.5, 0.6) is 0 Å². The van der Waals surface area contributed by atoms with Gasteiger partial charge in [-0.3, -0.25) is 4.31 Å². The van der Waals surface area contributed by atoms with Gasteiger partial charge in [0.2, 0.25) is 0 Å². The summed E-state index contributed by atoms with van der Waals surface area (Å²) in [6, 6.07) is 0. The second-order valence-corrected chi connectivity index (χ2v) is 3.55. The average Bonchev–Trinajstić information content (AvgIpc) is 1.14. The maximum Gasteiger partial charge on any atom is 2.00 e. The predicted octanol–water partition coefficient (Wildman–Crippen LogP) is -2.08. The molecular weight excluding hydrogens is 282 g/mol. The van der Waals surface area contributed by atoms with Crippen molar-refractivity contribution < 1.29 is 55.4 Å². The first-order chi connectivity index (χ1) is 3.71. The van der Waals surface area contributed by atoms with Crippen LogP contribution in [0, 0.1) is 0 Å². The molecule has 0 fully saturated rings. The quantitative estimate of drug-likeness (QED) is 0.439. The smallest absolute Gasteiger partial charge is 0.789 e. The summed E-state index contributed by atoms with van der Waals surface area (Å²) in [5, 5.41) is 0. The number of phosphoric acid groups is 2. The molecule has 0 unspecified atom stereocenters. The fraction of sp³-hybridized carbons (Fsp3) is 0. The molecule has 0 rings (SSSR count). The molecule has 0 aromatic heterocycles. The van der Waals surface area contributed by atoms with Crippen LogP contribution in [-0.2, 0) is 35.8 Å². The van der Waals surface area contributed by atoms with E-state index in [1.807, 2.05) is 0 Å². The van der Waals surface area contributed by atoms with Gasteiger partial charge in [-0.1, -0.05) is 0 Å². The Morgan fingerprint density at radius 1 is 1.20 bits per heavy atom. The zero-order valence-electron chi connectivity index (χ0n) is 4.13. The Balaban J connectivity index is 0. The van der Waals surface area contributed by atoms with Crippen LogP contribution in [0.25, 0.3) is 0 Å². The van der Waals surface area contributed by atoms with Crippen LogP contribution < -0.4 is 9.79 Å². The third kappa shape index (κ3) is 11.8. The third-order valence-electron chi connectivity index (χ3n) is 0.206. The van der Waals surface area contributed by atoms with E-state index in [0.29, 0.717) is 0 Å². The molecule has 0 atom stereocenters. The Labute approximate surface area is 71.4 Å². The maximum absolute atomic E-state index is 9.55. The summed E-state index contributed by atoms with van der Waals surface area (Å²) >= 11 is 0. The van der Waals surface area contributed by atoms with Gasteiger partial charge < -0.3 is 24.1 Å². The summed E-state index contributed by atoms with van der Waals surface area (Å²) < 4.78 is 21.7. The van der Waals surface area contributed by atoms with E-state index < -0.39 is 15.6 Å². The molecule has 0 bridgehead atoms. The molecule has 0 saturated carbocycles. The Kier molecular flexibility index (Phi) is 5.61. The summed E-state index contributed by atoms with van der Waals surface area (Å²) in [4.78, 5) is 34.1. The molecule has 2 N–H and O–H groups in total. The average molecular weight is 284 g/mol. The molecule has 1 radical (unpaired) electrons. The van der Waals surface area contributed by atoms with E-state index in [4.69, 9.17) is 9.79 Å². The number of hydrogen-bond donors (Lipinski definition) is 2. The van der Waals surface area contributed by atoms with Gasteiger partial charge >= 0.3 is 30.2 Å². The van der Waals surface area contributed by atoms with Crippen molar-refractivity contribution in [2.75, 3.05) is 0 Å². The van der Waals surface area contributed by atoms with E-state index in [1.54, 1.807) is 0 Å². The molecule has 10 heteroatoms. The van der Waals surface area contributed by atoms with Gasteiger partial charge in [0.1, 0.15) is 0 Å². The topological polar surface area (TPSA) is 130 Å². The van der Waals surface area contributed by atoms with Crippen molar-refractivity contribution >= 4 is 15.6 Å². The minimum absolute atomic E-state index is 0. The van der Waals surface area contributed by atoms with Crippen LogP contribution in [0.3, 0.4) is 0 Å². The van der Waals surface area contributed by atoms with Crippen LogP contribution in [0.4, 0.5) is 0 Å². The summed E-state index contributed by atoms with van der Waals surface area (Å²) in [6.07, 6.45) is 0. The molecular formula is H2AgO7P2. The van der Waals surface area contributed by atoms with Crippen molar-refractivity contribution in [3.05, 3.63) is 0 Å². The molecule has 0 saturated heterocycles. The van der Waals surface area contributed by atoms with Crippen molar-refractivity contribution in [1.82, 2.24) is 0 Å². The zero-order valence-corrected chi connectivity index (χ0v) is 7.40. The number of hydrogen-bond acceptors (Lipinski definition) is 5. The van der Waals surface area contributed by atoms with E-state index in [1.165, 1.54) is 0 Å². The van der Waals surface area contributed by atoms with Crippen LogP contribution in [0.2, 0.25) is 0 Å². The van der Waals surface area contributed by atoms with Crippen LogP contribution in [0.1, 0.15) is 0 Å². The van der Waals surface area contributed by atoms with Gasteiger partial charge in [-0.05, 0) is 0 Å². The van der Waals surface area contributed by atoms with Gasteiger partial charge in [-0.2, -0.15) is 0 Å². The van der Waals surface area contributed by atoms with E-state index in [0.717, 1.165) is 0 Å². The van der Waals surface area contributed by atoms with Gasteiger partial charge in [-0.25, -0.2) is 4.57 Å². The van der Waals surface area contributed by atoms with Crippen LogP contribution >= 0.6 is 15.6 Å². The zero-order chi connectivity index (χ0) is 7.71. The molecule has 0 amide bonds. The van der Waals surface area contributed by atoms with Crippen molar-refractivity contribution in [3.8, 4) is 0 Å². The van der Waals surface area contributed by atoms with E-state index in [2.05, 4.69) is 4.31 Å². The normalized spacial score (nSPS) is 12.4. The fourth-order valence-corrected chi connectivity index (χ4v) is 1.17. The molecule has 0 spiro atoms. The largest absolute Gasteiger partial charge is 2.00 e. The molecule has 0 aromatic carbocycles. The van der Waals surface area contributed by atoms with Crippen LogP contribution in [-0.4, -0.2) is 9.79 Å². The summed E-state index contributed by atoms with van der Waals surface area (Å²) in [6.45, 7) is 0. The predicted molar refractivity (Wildman–Crippen MR) is 20.7 cm³/mol. The Morgan fingerprint density at radius 2 is 1.50 bits per heavy atom. The summed E-state index contributed by atoms with van der Waals surface area (Å²) in [5.41, 5.74) is 0. The van der Waals surface area contributed by atoms with E-state index >= 15 is 0 Å². The van der Waals surface area contributed by atoms with E-state index in [9.17, 15) is 18.9 Å². The molecule has 0 aliphatic rings. The molecule has 0 aliphatic carbocycles. The monoisotopic (exact) mass is 283 g/mol. The van der Waals surface area contributed by atoms with Crippen molar-refractivity contribution in [3.63, 3.8) is 0 Å². The molecule has 0 aromatic rings. The minimum Gasteiger partial charge on any atom is -0.789 e. The first-order valence-corrected chi connectivity index (χ1v) is 4.49. The second-order valence-electron chi connectivity index (χ2n) is 1.02. The second kappa shape index (κ2) is 4.13. The summed E-state index contributed by atoms with van der Waals surface area (Å²) in [7, 11) is -10.7. The minimum atomic E-state index is -5.55. The molecule has 0 aliphatic heterocycles.